The Balaban J connectivity index is 3.21. The number of pyridine rings is 1. The summed E-state index contributed by atoms with van der Waals surface area (Å²) in [5.41, 5.74) is -1.13. The van der Waals surface area contributed by atoms with Gasteiger partial charge in [0.1, 0.15) is 0 Å². The van der Waals surface area contributed by atoms with Crippen LogP contribution in [0.5, 0.6) is 0 Å². The Bertz CT molecular complexity index is 376. The number of ketones is 1. The van der Waals surface area contributed by atoms with E-state index < -0.39 is 28.5 Å². The van der Waals surface area contributed by atoms with Crippen LogP contribution >= 0.6 is 11.6 Å². The summed E-state index contributed by atoms with van der Waals surface area (Å²) in [4.78, 5) is 13.8. The van der Waals surface area contributed by atoms with Crippen LogP contribution in [0.1, 0.15) is 10.4 Å². The lowest BCUT2D eigenvalue weighted by molar-refractivity contribution is -0.0887. The van der Waals surface area contributed by atoms with Crippen molar-refractivity contribution in [3.8, 4) is 0 Å². The third kappa shape index (κ3) is 2.01. The summed E-state index contributed by atoms with van der Waals surface area (Å²) < 4.78 is 48.5. The topological polar surface area (TPSA) is 30.0 Å². The molecular weight excluding hydrogens is 226 g/mol. The number of carbonyl (C=O) groups excluding carboxylic acids is 1. The normalized spacial score (nSPS) is 11.5. The molecule has 1 aromatic rings. The smallest absolute Gasteiger partial charge is 0.284 e. The largest absolute Gasteiger partial charge is 0.454 e. The van der Waals surface area contributed by atoms with Crippen LogP contribution in [0.25, 0.3) is 0 Å². The second kappa shape index (κ2) is 3.53. The number of halogens is 5. The highest BCUT2D eigenvalue weighted by Gasteiger charge is 2.41. The van der Waals surface area contributed by atoms with Crippen LogP contribution in [-0.2, 0) is 0 Å². The van der Waals surface area contributed by atoms with E-state index in [9.17, 15) is 22.4 Å². The molecule has 0 N–H and O–H groups in total. The van der Waals surface area contributed by atoms with Gasteiger partial charge in [-0.05, 0) is 6.07 Å². The fourth-order valence-electron chi connectivity index (χ4n) is 0.746. The Morgan fingerprint density at radius 3 is 2.50 bits per heavy atom. The van der Waals surface area contributed by atoms with Gasteiger partial charge < -0.3 is 0 Å². The first kappa shape index (κ1) is 10.9. The average Bonchev–Trinajstić information content (AvgIpc) is 2.07. The number of alkyl halides is 3. The van der Waals surface area contributed by atoms with Gasteiger partial charge in [-0.25, -0.2) is 9.37 Å². The zero-order valence-electron chi connectivity index (χ0n) is 6.40. The molecule has 2 nitrogen and oxygen atoms in total. The Kier molecular flexibility index (Phi) is 2.75. The maximum Gasteiger partial charge on any atom is 0.454 e. The lowest BCUT2D eigenvalue weighted by atomic mass is 10.1. The van der Waals surface area contributed by atoms with E-state index >= 15 is 0 Å². The predicted molar refractivity (Wildman–Crippen MR) is 39.6 cm³/mol. The lowest BCUT2D eigenvalue weighted by Crippen LogP contribution is -2.24. The summed E-state index contributed by atoms with van der Waals surface area (Å²) in [5.74, 6) is -3.74. The molecule has 1 heterocycles. The number of carbonyl (C=O) groups is 1. The van der Waals surface area contributed by atoms with Crippen molar-refractivity contribution < 1.29 is 22.4 Å². The molecule has 0 spiro atoms. The highest BCUT2D eigenvalue weighted by atomic mass is 35.5. The number of nitrogens with zero attached hydrogens (tertiary/aromatic N) is 1. The molecule has 1 aromatic heterocycles. The molecule has 0 aliphatic rings. The number of rotatable bonds is 1. The molecule has 0 aliphatic carbocycles. The van der Waals surface area contributed by atoms with Gasteiger partial charge in [-0.1, -0.05) is 11.6 Å². The maximum atomic E-state index is 12.9. The maximum absolute atomic E-state index is 12.9. The van der Waals surface area contributed by atoms with Gasteiger partial charge >= 0.3 is 6.18 Å². The Hall–Kier alpha value is -1.17. The third-order valence-corrected chi connectivity index (χ3v) is 1.61. The van der Waals surface area contributed by atoms with Crippen molar-refractivity contribution in [2.75, 3.05) is 0 Å². The van der Waals surface area contributed by atoms with Gasteiger partial charge in [-0.3, -0.25) is 4.79 Å². The van der Waals surface area contributed by atoms with Gasteiger partial charge in [0.15, 0.2) is 11.0 Å². The van der Waals surface area contributed by atoms with Gasteiger partial charge in [0.25, 0.3) is 5.78 Å². The molecule has 0 amide bonds. The van der Waals surface area contributed by atoms with Crippen LogP contribution in [0.4, 0.5) is 17.6 Å². The van der Waals surface area contributed by atoms with Gasteiger partial charge in [0, 0.05) is 6.20 Å². The summed E-state index contributed by atoms with van der Waals surface area (Å²) >= 11 is 5.10. The van der Waals surface area contributed by atoms with E-state index in [2.05, 4.69) is 4.98 Å². The Morgan fingerprint density at radius 1 is 1.43 bits per heavy atom. The number of hydrogen-bond acceptors (Lipinski definition) is 2. The van der Waals surface area contributed by atoms with Gasteiger partial charge in [0.2, 0.25) is 0 Å². The molecule has 0 aliphatic heterocycles. The van der Waals surface area contributed by atoms with E-state index in [4.69, 9.17) is 11.6 Å². The van der Waals surface area contributed by atoms with Crippen molar-refractivity contribution in [3.05, 3.63) is 28.8 Å². The third-order valence-electron chi connectivity index (χ3n) is 1.35. The quantitative estimate of drug-likeness (QED) is 0.419. The van der Waals surface area contributed by atoms with Gasteiger partial charge in [0.05, 0.1) is 5.56 Å². The predicted octanol–water partition coefficient (Wildman–Crippen LogP) is 2.62. The van der Waals surface area contributed by atoms with Crippen molar-refractivity contribution in [2.45, 2.75) is 6.18 Å². The van der Waals surface area contributed by atoms with Crippen LogP contribution in [0.2, 0.25) is 5.15 Å². The number of aromatic nitrogens is 1. The van der Waals surface area contributed by atoms with Gasteiger partial charge in [-0.15, -0.1) is 0 Å². The lowest BCUT2D eigenvalue weighted by Gasteiger charge is -2.05. The highest BCUT2D eigenvalue weighted by Crippen LogP contribution is 2.24. The molecule has 0 fully saturated rings. The summed E-state index contributed by atoms with van der Waals surface area (Å²) in [6.07, 6.45) is -4.30. The minimum Gasteiger partial charge on any atom is -0.284 e. The molecule has 0 saturated carbocycles. The highest BCUT2D eigenvalue weighted by molar-refractivity contribution is 6.30. The zero-order chi connectivity index (χ0) is 10.9. The molecule has 7 heteroatoms. The van der Waals surface area contributed by atoms with Crippen LogP contribution in [-0.4, -0.2) is 16.9 Å². The summed E-state index contributed by atoms with van der Waals surface area (Å²) in [5, 5.41) is -0.764. The minimum absolute atomic E-state index is 0.622. The van der Waals surface area contributed by atoms with E-state index in [0.717, 1.165) is 6.20 Å². The van der Waals surface area contributed by atoms with E-state index in [-0.39, 0.29) is 0 Å². The molecule has 0 aromatic carbocycles. The first-order valence-corrected chi connectivity index (χ1v) is 3.63. The van der Waals surface area contributed by atoms with Crippen LogP contribution in [0.3, 0.4) is 0 Å². The second-order valence-corrected chi connectivity index (χ2v) is 2.65. The monoisotopic (exact) mass is 227 g/mol. The fraction of sp³-hybridized carbons (Fsp3) is 0.143. The Labute approximate surface area is 80.5 Å². The van der Waals surface area contributed by atoms with Crippen molar-refractivity contribution in [1.82, 2.24) is 4.98 Å². The molecule has 0 saturated heterocycles. The molecule has 0 bridgehead atoms. The fourth-order valence-corrected chi connectivity index (χ4v) is 0.904. The molecule has 0 atom stereocenters. The molecule has 0 radical (unpaired) electrons. The van der Waals surface area contributed by atoms with E-state index in [0.29, 0.717) is 6.07 Å². The first-order valence-electron chi connectivity index (χ1n) is 3.25. The van der Waals surface area contributed by atoms with Crippen molar-refractivity contribution in [3.63, 3.8) is 0 Å². The average molecular weight is 228 g/mol. The van der Waals surface area contributed by atoms with Crippen LogP contribution in [0.15, 0.2) is 12.3 Å². The van der Waals surface area contributed by atoms with Gasteiger partial charge in [-0.2, -0.15) is 13.2 Å². The minimum atomic E-state index is -5.12. The Morgan fingerprint density at radius 2 is 2.00 bits per heavy atom. The molecular formula is C7H2ClF4NO. The van der Waals surface area contributed by atoms with Crippen LogP contribution in [0, 0.1) is 5.82 Å². The standard InChI is InChI=1S/C7H2ClF4NO/c8-6-4(9)3(1-2-13-6)5(14)7(10,11)12/h1-2H. The summed E-state index contributed by atoms with van der Waals surface area (Å²) in [6.45, 7) is 0. The SMILES string of the molecule is O=C(c1ccnc(Cl)c1F)C(F)(F)F. The van der Waals surface area contributed by atoms with E-state index in [1.54, 1.807) is 0 Å². The van der Waals surface area contributed by atoms with Crippen molar-refractivity contribution in [2.24, 2.45) is 0 Å². The van der Waals surface area contributed by atoms with Crippen LogP contribution < -0.4 is 0 Å². The zero-order valence-corrected chi connectivity index (χ0v) is 7.16. The molecule has 14 heavy (non-hydrogen) atoms. The summed E-state index contributed by atoms with van der Waals surface area (Å²) in [6, 6.07) is 0.622. The van der Waals surface area contributed by atoms with Crippen molar-refractivity contribution in [1.29, 1.82) is 0 Å². The summed E-state index contributed by atoms with van der Waals surface area (Å²) in [7, 11) is 0. The van der Waals surface area contributed by atoms with E-state index in [1.807, 2.05) is 0 Å². The molecule has 0 unspecified atom stereocenters. The molecule has 1 rings (SSSR count). The van der Waals surface area contributed by atoms with E-state index in [1.165, 1.54) is 0 Å². The second-order valence-electron chi connectivity index (χ2n) is 2.29. The first-order chi connectivity index (χ1) is 6.34. The van der Waals surface area contributed by atoms with Crippen molar-refractivity contribution >= 4 is 17.4 Å². The number of hydrogen-bond donors (Lipinski definition) is 0. The number of Topliss-reactive ketones (excluding diaryl/α,β-unsaturated/α-hetero) is 1. The molecule has 76 valence electrons.